The number of benzene rings is 2. The minimum Gasteiger partial charge on any atom is -0.496 e. The van der Waals surface area contributed by atoms with Gasteiger partial charge in [0.1, 0.15) is 23.8 Å². The zero-order valence-corrected chi connectivity index (χ0v) is 14.6. The second kappa shape index (κ2) is 8.16. The number of methoxy groups -OCH3 is 1. The molecule has 0 saturated heterocycles. The highest BCUT2D eigenvalue weighted by Crippen LogP contribution is 2.25. The van der Waals surface area contributed by atoms with Crippen LogP contribution in [0.15, 0.2) is 65.2 Å². The molecule has 5 nitrogen and oxygen atoms in total. The molecule has 0 radical (unpaired) electrons. The Bertz CT molecular complexity index is 913. The quantitative estimate of drug-likeness (QED) is 0.378. The lowest BCUT2D eigenvalue weighted by atomic mass is 10.0. The van der Waals surface area contributed by atoms with Crippen molar-refractivity contribution < 1.29 is 18.8 Å². The second-order valence-electron chi connectivity index (χ2n) is 5.67. The van der Waals surface area contributed by atoms with Gasteiger partial charge in [-0.05, 0) is 24.6 Å². The first-order valence-corrected chi connectivity index (χ1v) is 8.17. The van der Waals surface area contributed by atoms with Gasteiger partial charge in [-0.3, -0.25) is 0 Å². The van der Waals surface area contributed by atoms with Crippen molar-refractivity contribution in [3.8, 4) is 5.75 Å². The van der Waals surface area contributed by atoms with E-state index in [0.29, 0.717) is 22.8 Å². The maximum absolute atomic E-state index is 12.7. The Morgan fingerprint density at radius 3 is 2.54 bits per heavy atom. The molecule has 3 rings (SSSR count). The maximum Gasteiger partial charge on any atom is 0.339 e. The first-order chi connectivity index (χ1) is 12.7. The average molecular weight is 349 g/mol. The molecule has 0 aliphatic rings. The fourth-order valence-electron chi connectivity index (χ4n) is 2.52. The van der Waals surface area contributed by atoms with E-state index in [-0.39, 0.29) is 6.61 Å². The van der Waals surface area contributed by atoms with Crippen LogP contribution in [-0.4, -0.2) is 18.2 Å². The van der Waals surface area contributed by atoms with E-state index in [4.69, 9.17) is 14.0 Å². The summed E-state index contributed by atoms with van der Waals surface area (Å²) in [5.74, 6) is 0.910. The molecule has 5 heteroatoms. The van der Waals surface area contributed by atoms with Crippen LogP contribution in [0.4, 0.5) is 0 Å². The van der Waals surface area contributed by atoms with Crippen LogP contribution in [0.2, 0.25) is 0 Å². The van der Waals surface area contributed by atoms with Gasteiger partial charge in [0, 0.05) is 11.6 Å². The first kappa shape index (κ1) is 17.5. The van der Waals surface area contributed by atoms with Gasteiger partial charge in [0.05, 0.1) is 12.7 Å². The Labute approximate surface area is 151 Å². The van der Waals surface area contributed by atoms with E-state index in [1.807, 2.05) is 54.6 Å². The molecule has 0 unspecified atom stereocenters. The van der Waals surface area contributed by atoms with Crippen molar-refractivity contribution >= 4 is 17.6 Å². The van der Waals surface area contributed by atoms with Gasteiger partial charge >= 0.3 is 5.97 Å². The summed E-state index contributed by atoms with van der Waals surface area (Å²) in [6, 6.07) is 18.6. The minimum atomic E-state index is -0.442. The third kappa shape index (κ3) is 4.19. The molecule has 0 amide bonds. The van der Waals surface area contributed by atoms with E-state index < -0.39 is 5.97 Å². The van der Waals surface area contributed by atoms with Gasteiger partial charge in [-0.25, -0.2) is 4.79 Å². The van der Waals surface area contributed by atoms with Crippen molar-refractivity contribution in [2.75, 3.05) is 7.11 Å². The molecule has 0 aliphatic heterocycles. The van der Waals surface area contributed by atoms with Crippen LogP contribution in [0.5, 0.6) is 5.75 Å². The highest BCUT2D eigenvalue weighted by molar-refractivity contribution is 6.21. The SMILES string of the molecule is COc1ccccc1/C=C(/C(=O)OCc1cc(C)on1)c1ccccc1. The summed E-state index contributed by atoms with van der Waals surface area (Å²) in [4.78, 5) is 12.7. The third-order valence-corrected chi connectivity index (χ3v) is 3.77. The molecule has 3 aromatic rings. The number of carbonyl (C=O) groups is 1. The molecule has 2 aromatic carbocycles. The summed E-state index contributed by atoms with van der Waals surface area (Å²) in [6.45, 7) is 1.83. The van der Waals surface area contributed by atoms with Crippen LogP contribution in [0.25, 0.3) is 11.6 Å². The van der Waals surface area contributed by atoms with Gasteiger partial charge in [0.2, 0.25) is 0 Å². The molecule has 0 spiro atoms. The number of hydrogen-bond donors (Lipinski definition) is 0. The molecular formula is C21H19NO4. The number of aromatic nitrogens is 1. The molecule has 26 heavy (non-hydrogen) atoms. The standard InChI is InChI=1S/C21H19NO4/c1-15-12-18(22-26-15)14-25-21(23)19(16-8-4-3-5-9-16)13-17-10-6-7-11-20(17)24-2/h3-13H,14H2,1-2H3/b19-13+. The molecule has 0 fully saturated rings. The summed E-state index contributed by atoms with van der Waals surface area (Å²) in [6.07, 6.45) is 1.77. The normalized spacial score (nSPS) is 11.2. The third-order valence-electron chi connectivity index (χ3n) is 3.77. The Kier molecular flexibility index (Phi) is 5.49. The molecule has 1 heterocycles. The smallest absolute Gasteiger partial charge is 0.339 e. The van der Waals surface area contributed by atoms with E-state index in [2.05, 4.69) is 5.16 Å². The summed E-state index contributed by atoms with van der Waals surface area (Å²) in [5, 5.41) is 3.84. The van der Waals surface area contributed by atoms with E-state index in [1.165, 1.54) is 0 Å². The lowest BCUT2D eigenvalue weighted by molar-refractivity contribution is -0.137. The lowest BCUT2D eigenvalue weighted by Crippen LogP contribution is -2.07. The van der Waals surface area contributed by atoms with Crippen LogP contribution in [0, 0.1) is 6.92 Å². The first-order valence-electron chi connectivity index (χ1n) is 8.17. The summed E-state index contributed by atoms with van der Waals surface area (Å²) in [5.41, 5.74) is 2.57. The number of rotatable bonds is 6. The zero-order valence-electron chi connectivity index (χ0n) is 14.6. The molecule has 0 aliphatic carbocycles. The van der Waals surface area contributed by atoms with Gasteiger partial charge < -0.3 is 14.0 Å². The van der Waals surface area contributed by atoms with E-state index >= 15 is 0 Å². The fraction of sp³-hybridized carbons (Fsp3) is 0.143. The highest BCUT2D eigenvalue weighted by Gasteiger charge is 2.16. The van der Waals surface area contributed by atoms with Crippen molar-refractivity contribution in [1.82, 2.24) is 5.16 Å². The minimum absolute atomic E-state index is 0.0479. The maximum atomic E-state index is 12.7. The van der Waals surface area contributed by atoms with Crippen LogP contribution in [0.1, 0.15) is 22.6 Å². The van der Waals surface area contributed by atoms with Crippen molar-refractivity contribution in [1.29, 1.82) is 0 Å². The van der Waals surface area contributed by atoms with E-state index in [0.717, 1.165) is 11.1 Å². The van der Waals surface area contributed by atoms with E-state index in [1.54, 1.807) is 26.2 Å². The van der Waals surface area contributed by atoms with Gasteiger partial charge in [-0.15, -0.1) is 0 Å². The summed E-state index contributed by atoms with van der Waals surface area (Å²) >= 11 is 0. The Hall–Kier alpha value is -3.34. The number of carbonyl (C=O) groups excluding carboxylic acids is 1. The predicted molar refractivity (Wildman–Crippen MR) is 98.3 cm³/mol. The Morgan fingerprint density at radius 1 is 1.12 bits per heavy atom. The molecule has 0 saturated carbocycles. The summed E-state index contributed by atoms with van der Waals surface area (Å²) < 4.78 is 15.8. The van der Waals surface area contributed by atoms with Crippen LogP contribution in [0.3, 0.4) is 0 Å². The molecule has 1 aromatic heterocycles. The molecule has 132 valence electrons. The number of ether oxygens (including phenoxy) is 2. The van der Waals surface area contributed by atoms with Crippen molar-refractivity contribution in [3.63, 3.8) is 0 Å². The lowest BCUT2D eigenvalue weighted by Gasteiger charge is -2.10. The van der Waals surface area contributed by atoms with E-state index in [9.17, 15) is 4.79 Å². The molecule has 0 bridgehead atoms. The fourth-order valence-corrected chi connectivity index (χ4v) is 2.52. The zero-order chi connectivity index (χ0) is 18.4. The number of aryl methyl sites for hydroxylation is 1. The number of nitrogens with zero attached hydrogens (tertiary/aromatic N) is 1. The Balaban J connectivity index is 1.90. The molecular weight excluding hydrogens is 330 g/mol. The number of para-hydroxylation sites is 1. The highest BCUT2D eigenvalue weighted by atomic mass is 16.5. The average Bonchev–Trinajstić information content (AvgIpc) is 3.10. The molecule has 0 atom stereocenters. The number of esters is 1. The summed E-state index contributed by atoms with van der Waals surface area (Å²) in [7, 11) is 1.60. The van der Waals surface area contributed by atoms with Crippen LogP contribution >= 0.6 is 0 Å². The van der Waals surface area contributed by atoms with Crippen molar-refractivity contribution in [3.05, 3.63) is 83.2 Å². The van der Waals surface area contributed by atoms with Crippen LogP contribution in [-0.2, 0) is 16.1 Å². The predicted octanol–water partition coefficient (Wildman–Crippen LogP) is 4.28. The topological polar surface area (TPSA) is 61.6 Å². The van der Waals surface area contributed by atoms with Gasteiger partial charge in [0.15, 0.2) is 0 Å². The second-order valence-corrected chi connectivity index (χ2v) is 5.67. The molecule has 0 N–H and O–H groups in total. The Morgan fingerprint density at radius 2 is 1.85 bits per heavy atom. The van der Waals surface area contributed by atoms with Gasteiger partial charge in [-0.1, -0.05) is 53.7 Å². The van der Waals surface area contributed by atoms with Gasteiger partial charge in [0.25, 0.3) is 0 Å². The largest absolute Gasteiger partial charge is 0.496 e. The van der Waals surface area contributed by atoms with Crippen molar-refractivity contribution in [2.24, 2.45) is 0 Å². The van der Waals surface area contributed by atoms with Crippen LogP contribution < -0.4 is 4.74 Å². The number of hydrogen-bond acceptors (Lipinski definition) is 5. The van der Waals surface area contributed by atoms with Gasteiger partial charge in [-0.2, -0.15) is 0 Å². The monoisotopic (exact) mass is 349 g/mol. The van der Waals surface area contributed by atoms with Crippen molar-refractivity contribution in [2.45, 2.75) is 13.5 Å².